The van der Waals surface area contributed by atoms with Crippen LogP contribution < -0.4 is 10.2 Å². The van der Waals surface area contributed by atoms with Crippen LogP contribution in [0.1, 0.15) is 56.2 Å². The highest BCUT2D eigenvalue weighted by Crippen LogP contribution is 2.30. The third-order valence-electron chi connectivity index (χ3n) is 5.75. The first-order valence-corrected chi connectivity index (χ1v) is 10.9. The molecule has 1 aliphatic rings. The number of methoxy groups -OCH3 is 1. The van der Waals surface area contributed by atoms with Crippen LogP contribution in [0.15, 0.2) is 64.1 Å². The molecule has 0 aliphatic heterocycles. The number of carbonyl (C=O) groups excluding carboxylic acids is 2. The van der Waals surface area contributed by atoms with E-state index in [2.05, 4.69) is 10.5 Å². The monoisotopic (exact) mass is 445 g/mol. The summed E-state index contributed by atoms with van der Waals surface area (Å²) in [5.74, 6) is 1.17. The number of hydrogen-bond acceptors (Lipinski definition) is 5. The zero-order chi connectivity index (χ0) is 23.4. The number of nitrogens with zero attached hydrogens (tertiary/aromatic N) is 2. The number of nitrogens with one attached hydrogen (secondary N) is 1. The first kappa shape index (κ1) is 22.3. The number of amides is 2. The SMILES string of the molecule is COc1cccc(C(=O)N/N=C2\CCCc3oc(C(=O)N(C)Cc4ccccc4)c(C)c32)c1. The summed E-state index contributed by atoms with van der Waals surface area (Å²) in [6.45, 7) is 2.36. The molecule has 0 fully saturated rings. The predicted octanol–water partition coefficient (Wildman–Crippen LogP) is 4.34. The molecule has 33 heavy (non-hydrogen) atoms. The molecule has 1 aliphatic carbocycles. The molecular formula is C26H27N3O4. The second-order valence-corrected chi connectivity index (χ2v) is 8.09. The van der Waals surface area contributed by atoms with E-state index in [0.717, 1.165) is 41.0 Å². The smallest absolute Gasteiger partial charge is 0.289 e. The second kappa shape index (κ2) is 9.73. The Kier molecular flexibility index (Phi) is 6.58. The van der Waals surface area contributed by atoms with Gasteiger partial charge in [-0.3, -0.25) is 9.59 Å². The minimum Gasteiger partial charge on any atom is -0.497 e. The van der Waals surface area contributed by atoms with Crippen molar-refractivity contribution in [1.82, 2.24) is 10.3 Å². The van der Waals surface area contributed by atoms with Gasteiger partial charge in [-0.2, -0.15) is 5.10 Å². The lowest BCUT2D eigenvalue weighted by Gasteiger charge is -2.16. The fourth-order valence-corrected chi connectivity index (χ4v) is 4.03. The molecule has 7 nitrogen and oxygen atoms in total. The number of fused-ring (bicyclic) bond motifs is 1. The van der Waals surface area contributed by atoms with E-state index in [1.54, 1.807) is 43.3 Å². The summed E-state index contributed by atoms with van der Waals surface area (Å²) in [4.78, 5) is 27.3. The Bertz CT molecular complexity index is 1200. The van der Waals surface area contributed by atoms with Crippen LogP contribution in [0.4, 0.5) is 0 Å². The summed E-state index contributed by atoms with van der Waals surface area (Å²) in [5, 5.41) is 4.39. The van der Waals surface area contributed by atoms with Crippen LogP contribution in [-0.2, 0) is 13.0 Å². The van der Waals surface area contributed by atoms with E-state index in [4.69, 9.17) is 9.15 Å². The van der Waals surface area contributed by atoms with Crippen LogP contribution in [0.2, 0.25) is 0 Å². The number of carbonyl (C=O) groups is 2. The number of benzene rings is 2. The van der Waals surface area contributed by atoms with Gasteiger partial charge in [0.05, 0.1) is 12.8 Å². The van der Waals surface area contributed by atoms with Crippen LogP contribution >= 0.6 is 0 Å². The Morgan fingerprint density at radius 2 is 1.91 bits per heavy atom. The second-order valence-electron chi connectivity index (χ2n) is 8.09. The quantitative estimate of drug-likeness (QED) is 0.572. The molecule has 4 rings (SSSR count). The highest BCUT2D eigenvalue weighted by atomic mass is 16.5. The maximum absolute atomic E-state index is 13.1. The number of aryl methyl sites for hydroxylation is 1. The van der Waals surface area contributed by atoms with E-state index in [0.29, 0.717) is 30.0 Å². The molecule has 0 spiro atoms. The van der Waals surface area contributed by atoms with Crippen molar-refractivity contribution in [1.29, 1.82) is 0 Å². The Balaban J connectivity index is 1.54. The average Bonchev–Trinajstić information content (AvgIpc) is 3.19. The van der Waals surface area contributed by atoms with Crippen molar-refractivity contribution in [2.24, 2.45) is 5.10 Å². The van der Waals surface area contributed by atoms with Crippen molar-refractivity contribution in [3.8, 4) is 5.75 Å². The normalized spacial score (nSPS) is 14.0. The lowest BCUT2D eigenvalue weighted by atomic mass is 9.93. The molecular weight excluding hydrogens is 418 g/mol. The molecule has 0 atom stereocenters. The van der Waals surface area contributed by atoms with Gasteiger partial charge in [0.1, 0.15) is 11.5 Å². The topological polar surface area (TPSA) is 84.1 Å². The summed E-state index contributed by atoms with van der Waals surface area (Å²) < 4.78 is 11.2. The molecule has 1 heterocycles. The third-order valence-corrected chi connectivity index (χ3v) is 5.75. The highest BCUT2D eigenvalue weighted by molar-refractivity contribution is 6.07. The number of furan rings is 1. The van der Waals surface area contributed by atoms with Gasteiger partial charge in [0.25, 0.3) is 11.8 Å². The summed E-state index contributed by atoms with van der Waals surface area (Å²) in [6, 6.07) is 16.7. The Labute approximate surface area is 193 Å². The van der Waals surface area contributed by atoms with E-state index in [9.17, 15) is 9.59 Å². The molecule has 0 unspecified atom stereocenters. The van der Waals surface area contributed by atoms with Gasteiger partial charge >= 0.3 is 0 Å². The van der Waals surface area contributed by atoms with Gasteiger partial charge in [-0.25, -0.2) is 5.43 Å². The van der Waals surface area contributed by atoms with Crippen LogP contribution in [0.5, 0.6) is 5.75 Å². The van der Waals surface area contributed by atoms with Gasteiger partial charge in [0.15, 0.2) is 5.76 Å². The van der Waals surface area contributed by atoms with E-state index in [1.807, 2.05) is 37.3 Å². The molecule has 0 bridgehead atoms. The zero-order valence-corrected chi connectivity index (χ0v) is 19.1. The predicted molar refractivity (Wildman–Crippen MR) is 126 cm³/mol. The van der Waals surface area contributed by atoms with Crippen LogP contribution in [-0.4, -0.2) is 36.6 Å². The fraction of sp³-hybridized carbons (Fsp3) is 0.269. The number of hydrogen-bond donors (Lipinski definition) is 1. The van der Waals surface area contributed by atoms with Crippen LogP contribution in [0, 0.1) is 6.92 Å². The van der Waals surface area contributed by atoms with Gasteiger partial charge in [0, 0.05) is 36.7 Å². The molecule has 7 heteroatoms. The molecule has 2 amide bonds. The lowest BCUT2D eigenvalue weighted by Crippen LogP contribution is -2.26. The Morgan fingerprint density at radius 3 is 2.67 bits per heavy atom. The molecule has 0 saturated carbocycles. The highest BCUT2D eigenvalue weighted by Gasteiger charge is 2.29. The van der Waals surface area contributed by atoms with E-state index in [1.165, 1.54) is 0 Å². The molecule has 0 saturated heterocycles. The number of hydrazone groups is 1. The summed E-state index contributed by atoms with van der Waals surface area (Å²) >= 11 is 0. The molecule has 170 valence electrons. The van der Waals surface area contributed by atoms with Gasteiger partial charge in [-0.1, -0.05) is 36.4 Å². The Hall–Kier alpha value is -3.87. The van der Waals surface area contributed by atoms with E-state index < -0.39 is 0 Å². The molecule has 2 aromatic carbocycles. The largest absolute Gasteiger partial charge is 0.497 e. The Morgan fingerprint density at radius 1 is 1.12 bits per heavy atom. The van der Waals surface area contributed by atoms with E-state index >= 15 is 0 Å². The maximum atomic E-state index is 13.1. The van der Waals surface area contributed by atoms with E-state index in [-0.39, 0.29) is 11.8 Å². The van der Waals surface area contributed by atoms with Crippen molar-refractivity contribution in [3.05, 3.63) is 88.4 Å². The minimum atomic E-state index is -0.325. The van der Waals surface area contributed by atoms with Crippen molar-refractivity contribution in [3.63, 3.8) is 0 Å². The van der Waals surface area contributed by atoms with Gasteiger partial charge < -0.3 is 14.1 Å². The van der Waals surface area contributed by atoms with Crippen LogP contribution in [0.3, 0.4) is 0 Å². The summed E-state index contributed by atoms with van der Waals surface area (Å²) in [5.41, 5.74) is 6.44. The summed E-state index contributed by atoms with van der Waals surface area (Å²) in [6.07, 6.45) is 2.26. The van der Waals surface area contributed by atoms with Crippen molar-refractivity contribution in [2.45, 2.75) is 32.7 Å². The van der Waals surface area contributed by atoms with Crippen molar-refractivity contribution >= 4 is 17.5 Å². The molecule has 1 aromatic heterocycles. The first-order chi connectivity index (χ1) is 16.0. The molecule has 0 radical (unpaired) electrons. The standard InChI is InChI=1S/C26H27N3O4/c1-17-23-21(27-28-25(30)19-11-7-12-20(15-19)32-3)13-8-14-22(23)33-24(17)26(31)29(2)16-18-9-5-4-6-10-18/h4-7,9-12,15H,8,13-14,16H2,1-3H3,(H,28,30)/b27-21+. The van der Waals surface area contributed by atoms with Gasteiger partial charge in [-0.05, 0) is 43.5 Å². The zero-order valence-electron chi connectivity index (χ0n) is 19.1. The number of ether oxygens (including phenoxy) is 1. The summed E-state index contributed by atoms with van der Waals surface area (Å²) in [7, 11) is 3.32. The van der Waals surface area contributed by atoms with Crippen LogP contribution in [0.25, 0.3) is 0 Å². The third kappa shape index (κ3) is 4.82. The fourth-order valence-electron chi connectivity index (χ4n) is 4.03. The minimum absolute atomic E-state index is 0.175. The lowest BCUT2D eigenvalue weighted by molar-refractivity contribution is 0.0750. The van der Waals surface area contributed by atoms with Gasteiger partial charge in [0.2, 0.25) is 0 Å². The van der Waals surface area contributed by atoms with Crippen molar-refractivity contribution in [2.75, 3.05) is 14.2 Å². The first-order valence-electron chi connectivity index (χ1n) is 10.9. The van der Waals surface area contributed by atoms with Crippen molar-refractivity contribution < 1.29 is 18.7 Å². The molecule has 3 aromatic rings. The van der Waals surface area contributed by atoms with Gasteiger partial charge in [-0.15, -0.1) is 0 Å². The molecule has 1 N–H and O–H groups in total. The average molecular weight is 446 g/mol. The maximum Gasteiger partial charge on any atom is 0.289 e. The number of rotatable bonds is 6.